The summed E-state index contributed by atoms with van der Waals surface area (Å²) in [5.74, 6) is 0. The van der Waals surface area contributed by atoms with E-state index in [1.165, 1.54) is 9.75 Å². The quantitative estimate of drug-likeness (QED) is 0.862. The fourth-order valence-corrected chi connectivity index (χ4v) is 4.53. The molecule has 0 spiro atoms. The van der Waals surface area contributed by atoms with Gasteiger partial charge in [0.2, 0.25) is 0 Å². The van der Waals surface area contributed by atoms with Gasteiger partial charge in [-0.2, -0.15) is 0 Å². The highest BCUT2D eigenvalue weighted by Gasteiger charge is 2.23. The maximum atomic E-state index is 9.87. The summed E-state index contributed by atoms with van der Waals surface area (Å²) in [5, 5.41) is 10.9. The van der Waals surface area contributed by atoms with Gasteiger partial charge < -0.3 is 5.11 Å². The Labute approximate surface area is 110 Å². The third kappa shape index (κ3) is 1.86. The van der Waals surface area contributed by atoms with Crippen LogP contribution in [0.25, 0.3) is 9.88 Å². The summed E-state index contributed by atoms with van der Waals surface area (Å²) in [5.41, 5.74) is 0.913. The van der Waals surface area contributed by atoms with E-state index in [0.29, 0.717) is 0 Å². The molecule has 16 heavy (non-hydrogen) atoms. The van der Waals surface area contributed by atoms with E-state index in [2.05, 4.69) is 27.0 Å². The minimum absolute atomic E-state index is 0.350. The topological polar surface area (TPSA) is 33.1 Å². The SMILES string of the molecule is OC1CCCc2sc(-c3ccc(Br)s3)nc21. The first-order chi connectivity index (χ1) is 7.74. The van der Waals surface area contributed by atoms with E-state index in [4.69, 9.17) is 0 Å². The molecular formula is C11H10BrNOS2. The Kier molecular flexibility index (Phi) is 2.87. The highest BCUT2D eigenvalue weighted by Crippen LogP contribution is 2.39. The molecule has 1 aliphatic carbocycles. The van der Waals surface area contributed by atoms with Gasteiger partial charge in [0.25, 0.3) is 0 Å². The van der Waals surface area contributed by atoms with Crippen molar-refractivity contribution in [1.29, 1.82) is 0 Å². The fourth-order valence-electron chi connectivity index (χ4n) is 1.93. The minimum atomic E-state index is -0.350. The van der Waals surface area contributed by atoms with Gasteiger partial charge in [-0.05, 0) is 47.3 Å². The molecule has 0 aliphatic heterocycles. The Balaban J connectivity index is 2.04. The number of hydrogen-bond acceptors (Lipinski definition) is 4. The van der Waals surface area contributed by atoms with E-state index in [1.807, 2.05) is 6.07 Å². The predicted octanol–water partition coefficient (Wildman–Crippen LogP) is 4.00. The molecular weight excluding hydrogens is 306 g/mol. The summed E-state index contributed by atoms with van der Waals surface area (Å²) in [6.07, 6.45) is 2.64. The van der Waals surface area contributed by atoms with Crippen molar-refractivity contribution in [2.24, 2.45) is 0 Å². The molecule has 0 saturated carbocycles. The number of hydrogen-bond donors (Lipinski definition) is 1. The largest absolute Gasteiger partial charge is 0.387 e. The van der Waals surface area contributed by atoms with Gasteiger partial charge in [-0.15, -0.1) is 22.7 Å². The minimum Gasteiger partial charge on any atom is -0.387 e. The second-order valence-electron chi connectivity index (χ2n) is 3.84. The maximum absolute atomic E-state index is 9.87. The molecule has 0 bridgehead atoms. The number of aromatic nitrogens is 1. The molecule has 0 saturated heterocycles. The Morgan fingerprint density at radius 1 is 1.38 bits per heavy atom. The number of thiophene rings is 1. The number of nitrogens with zero attached hydrogens (tertiary/aromatic N) is 1. The van der Waals surface area contributed by atoms with E-state index in [-0.39, 0.29) is 6.10 Å². The van der Waals surface area contributed by atoms with Gasteiger partial charge in [0.15, 0.2) is 0 Å². The number of aliphatic hydroxyl groups excluding tert-OH is 1. The van der Waals surface area contributed by atoms with Crippen molar-refractivity contribution >= 4 is 38.6 Å². The molecule has 1 N–H and O–H groups in total. The summed E-state index contributed by atoms with van der Waals surface area (Å²) >= 11 is 6.87. The van der Waals surface area contributed by atoms with Crippen molar-refractivity contribution in [3.05, 3.63) is 26.5 Å². The van der Waals surface area contributed by atoms with E-state index >= 15 is 0 Å². The van der Waals surface area contributed by atoms with Crippen LogP contribution in [-0.4, -0.2) is 10.1 Å². The van der Waals surface area contributed by atoms with Gasteiger partial charge in [-0.3, -0.25) is 0 Å². The van der Waals surface area contributed by atoms with E-state index < -0.39 is 0 Å². The van der Waals surface area contributed by atoms with Crippen molar-refractivity contribution in [2.45, 2.75) is 25.4 Å². The first-order valence-corrected chi connectivity index (χ1v) is 7.60. The zero-order valence-corrected chi connectivity index (χ0v) is 11.7. The molecule has 1 atom stereocenters. The molecule has 0 fully saturated rings. The van der Waals surface area contributed by atoms with Crippen LogP contribution in [0.15, 0.2) is 15.9 Å². The lowest BCUT2D eigenvalue weighted by Gasteiger charge is -2.14. The first-order valence-electron chi connectivity index (χ1n) is 5.17. The zero-order valence-electron chi connectivity index (χ0n) is 8.44. The average molecular weight is 316 g/mol. The molecule has 5 heteroatoms. The van der Waals surface area contributed by atoms with Crippen LogP contribution in [0.5, 0.6) is 0 Å². The number of aliphatic hydroxyl groups is 1. The Morgan fingerprint density at radius 3 is 2.94 bits per heavy atom. The van der Waals surface area contributed by atoms with Gasteiger partial charge in [0, 0.05) is 4.88 Å². The van der Waals surface area contributed by atoms with Gasteiger partial charge in [-0.1, -0.05) is 0 Å². The molecule has 0 radical (unpaired) electrons. The highest BCUT2D eigenvalue weighted by atomic mass is 79.9. The van der Waals surface area contributed by atoms with Crippen molar-refractivity contribution in [2.75, 3.05) is 0 Å². The summed E-state index contributed by atoms with van der Waals surface area (Å²) in [6.45, 7) is 0. The second kappa shape index (κ2) is 4.22. The van der Waals surface area contributed by atoms with E-state index in [0.717, 1.165) is 33.8 Å². The summed E-state index contributed by atoms with van der Waals surface area (Å²) in [7, 11) is 0. The zero-order chi connectivity index (χ0) is 11.1. The lowest BCUT2D eigenvalue weighted by molar-refractivity contribution is 0.153. The Morgan fingerprint density at radius 2 is 2.25 bits per heavy atom. The third-order valence-corrected chi connectivity index (χ3v) is 5.63. The Hall–Kier alpha value is -0.230. The van der Waals surface area contributed by atoms with Crippen molar-refractivity contribution in [3.63, 3.8) is 0 Å². The van der Waals surface area contributed by atoms with Crippen LogP contribution in [0, 0.1) is 0 Å². The summed E-state index contributed by atoms with van der Waals surface area (Å²) < 4.78 is 1.12. The van der Waals surface area contributed by atoms with Crippen molar-refractivity contribution in [1.82, 2.24) is 4.98 Å². The van der Waals surface area contributed by atoms with Crippen LogP contribution in [0.4, 0.5) is 0 Å². The number of fused-ring (bicyclic) bond motifs is 1. The van der Waals surface area contributed by atoms with Gasteiger partial charge in [0.1, 0.15) is 5.01 Å². The lowest BCUT2D eigenvalue weighted by atomic mass is 10.0. The number of rotatable bonds is 1. The second-order valence-corrected chi connectivity index (χ2v) is 7.39. The molecule has 2 heterocycles. The van der Waals surface area contributed by atoms with E-state index in [9.17, 15) is 5.11 Å². The van der Waals surface area contributed by atoms with Crippen LogP contribution in [0.3, 0.4) is 0 Å². The smallest absolute Gasteiger partial charge is 0.134 e. The number of aryl methyl sites for hydroxylation is 1. The van der Waals surface area contributed by atoms with Crippen LogP contribution in [0.2, 0.25) is 0 Å². The van der Waals surface area contributed by atoms with Gasteiger partial charge >= 0.3 is 0 Å². The van der Waals surface area contributed by atoms with Crippen LogP contribution < -0.4 is 0 Å². The molecule has 2 nitrogen and oxygen atoms in total. The average Bonchev–Trinajstić information content (AvgIpc) is 2.84. The molecule has 84 valence electrons. The highest BCUT2D eigenvalue weighted by molar-refractivity contribution is 9.11. The molecule has 1 aliphatic rings. The normalized spacial score (nSPS) is 19.8. The standard InChI is InChI=1S/C11H10BrNOS2/c12-9-5-4-8(15-9)11-13-10-6(14)2-1-3-7(10)16-11/h4-6,14H,1-3H2. The van der Waals surface area contributed by atoms with Crippen LogP contribution >= 0.6 is 38.6 Å². The molecule has 0 aromatic carbocycles. The van der Waals surface area contributed by atoms with Crippen molar-refractivity contribution in [3.8, 4) is 9.88 Å². The lowest BCUT2D eigenvalue weighted by Crippen LogP contribution is -2.07. The predicted molar refractivity (Wildman–Crippen MR) is 71.0 cm³/mol. The molecule has 1 unspecified atom stereocenters. The van der Waals surface area contributed by atoms with Gasteiger partial charge in [0.05, 0.1) is 20.5 Å². The molecule has 2 aromatic heterocycles. The summed E-state index contributed by atoms with van der Waals surface area (Å²) in [6, 6.07) is 4.11. The third-order valence-electron chi connectivity index (χ3n) is 2.71. The monoisotopic (exact) mass is 315 g/mol. The fraction of sp³-hybridized carbons (Fsp3) is 0.364. The molecule has 2 aromatic rings. The maximum Gasteiger partial charge on any atom is 0.134 e. The number of thiazole rings is 1. The van der Waals surface area contributed by atoms with Gasteiger partial charge in [-0.25, -0.2) is 4.98 Å². The molecule has 0 amide bonds. The van der Waals surface area contributed by atoms with Crippen LogP contribution in [-0.2, 0) is 6.42 Å². The Bertz CT molecular complexity index is 520. The van der Waals surface area contributed by atoms with Crippen molar-refractivity contribution < 1.29 is 5.11 Å². The van der Waals surface area contributed by atoms with Crippen LogP contribution in [0.1, 0.15) is 29.5 Å². The summed E-state index contributed by atoms with van der Waals surface area (Å²) in [4.78, 5) is 7.01. The number of halogens is 1. The first kappa shape index (κ1) is 10.9. The van der Waals surface area contributed by atoms with E-state index in [1.54, 1.807) is 22.7 Å². The molecule has 3 rings (SSSR count).